The van der Waals surface area contributed by atoms with Crippen LogP contribution < -0.4 is 10.6 Å². The van der Waals surface area contributed by atoms with Gasteiger partial charge >= 0.3 is 0 Å². The number of piperidine rings is 2. The molecule has 4 heteroatoms. The van der Waals surface area contributed by atoms with Gasteiger partial charge in [-0.25, -0.2) is 0 Å². The SMILES string of the molecule is CCC1(C(=O)NCC2CCN(C)CC2)CCCNC1. The molecule has 0 aromatic carbocycles. The molecule has 0 bridgehead atoms. The van der Waals surface area contributed by atoms with Gasteiger partial charge in [0.15, 0.2) is 0 Å². The Balaban J connectivity index is 1.79. The number of nitrogens with zero attached hydrogens (tertiary/aromatic N) is 1. The normalized spacial score (nSPS) is 30.2. The molecule has 19 heavy (non-hydrogen) atoms. The molecule has 2 aliphatic heterocycles. The number of nitrogens with one attached hydrogen (secondary N) is 2. The molecule has 0 saturated carbocycles. The van der Waals surface area contributed by atoms with Crippen LogP contribution in [0.25, 0.3) is 0 Å². The molecule has 2 heterocycles. The Labute approximate surface area is 117 Å². The molecule has 0 aromatic rings. The van der Waals surface area contributed by atoms with Gasteiger partial charge in [-0.05, 0) is 64.7 Å². The van der Waals surface area contributed by atoms with Crippen molar-refractivity contribution >= 4 is 5.91 Å². The van der Waals surface area contributed by atoms with Crippen LogP contribution in [0.4, 0.5) is 0 Å². The van der Waals surface area contributed by atoms with E-state index in [1.165, 1.54) is 25.9 Å². The molecule has 2 saturated heterocycles. The van der Waals surface area contributed by atoms with Crippen LogP contribution in [0.1, 0.15) is 39.0 Å². The quantitative estimate of drug-likeness (QED) is 0.805. The van der Waals surface area contributed by atoms with E-state index in [0.29, 0.717) is 5.92 Å². The van der Waals surface area contributed by atoms with Gasteiger partial charge in [0.2, 0.25) is 5.91 Å². The Hall–Kier alpha value is -0.610. The van der Waals surface area contributed by atoms with Gasteiger partial charge in [-0.2, -0.15) is 0 Å². The van der Waals surface area contributed by atoms with Gasteiger partial charge in [0.25, 0.3) is 0 Å². The van der Waals surface area contributed by atoms with Crippen molar-refractivity contribution in [3.05, 3.63) is 0 Å². The van der Waals surface area contributed by atoms with Crippen LogP contribution in [0.2, 0.25) is 0 Å². The number of carbonyl (C=O) groups excluding carboxylic acids is 1. The fourth-order valence-electron chi connectivity index (χ4n) is 3.31. The van der Waals surface area contributed by atoms with Crippen LogP contribution in [0.5, 0.6) is 0 Å². The van der Waals surface area contributed by atoms with Crippen LogP contribution in [0.3, 0.4) is 0 Å². The molecule has 2 rings (SSSR count). The predicted molar refractivity (Wildman–Crippen MR) is 78.1 cm³/mol. The monoisotopic (exact) mass is 267 g/mol. The minimum Gasteiger partial charge on any atom is -0.355 e. The van der Waals surface area contributed by atoms with Crippen LogP contribution in [-0.4, -0.2) is 50.6 Å². The van der Waals surface area contributed by atoms with E-state index in [0.717, 1.165) is 38.9 Å². The van der Waals surface area contributed by atoms with Crippen molar-refractivity contribution in [1.29, 1.82) is 0 Å². The number of carbonyl (C=O) groups is 1. The van der Waals surface area contributed by atoms with E-state index in [1.807, 2.05) is 0 Å². The summed E-state index contributed by atoms with van der Waals surface area (Å²) in [5.41, 5.74) is -0.149. The summed E-state index contributed by atoms with van der Waals surface area (Å²) in [6, 6.07) is 0. The Morgan fingerprint density at radius 2 is 2.16 bits per heavy atom. The van der Waals surface area contributed by atoms with Gasteiger partial charge in [-0.1, -0.05) is 6.92 Å². The molecule has 1 unspecified atom stereocenters. The molecule has 2 aliphatic rings. The summed E-state index contributed by atoms with van der Waals surface area (Å²) in [5, 5.41) is 6.61. The Kier molecular flexibility index (Phi) is 5.22. The van der Waals surface area contributed by atoms with Crippen LogP contribution in [0, 0.1) is 11.3 Å². The van der Waals surface area contributed by atoms with Gasteiger partial charge in [0.1, 0.15) is 0 Å². The maximum atomic E-state index is 12.5. The maximum absolute atomic E-state index is 12.5. The van der Waals surface area contributed by atoms with E-state index in [2.05, 4.69) is 29.5 Å². The Morgan fingerprint density at radius 1 is 1.42 bits per heavy atom. The van der Waals surface area contributed by atoms with Crippen molar-refractivity contribution in [3.8, 4) is 0 Å². The second-order valence-electron chi connectivity index (χ2n) is 6.37. The number of amides is 1. The molecule has 0 radical (unpaired) electrons. The van der Waals surface area contributed by atoms with Crippen LogP contribution >= 0.6 is 0 Å². The number of likely N-dealkylation sites (tertiary alicyclic amines) is 1. The summed E-state index contributed by atoms with van der Waals surface area (Å²) in [6.07, 6.45) is 5.53. The second kappa shape index (κ2) is 6.71. The first-order valence-electron chi connectivity index (χ1n) is 7.84. The average molecular weight is 267 g/mol. The van der Waals surface area contributed by atoms with Crippen molar-refractivity contribution < 1.29 is 4.79 Å². The number of hydrogen-bond donors (Lipinski definition) is 2. The lowest BCUT2D eigenvalue weighted by molar-refractivity contribution is -0.132. The molecule has 2 N–H and O–H groups in total. The predicted octanol–water partition coefficient (Wildman–Crippen LogP) is 1.22. The molecular formula is C15H29N3O. The molecule has 0 aromatic heterocycles. The molecule has 0 spiro atoms. The van der Waals surface area contributed by atoms with Crippen molar-refractivity contribution in [3.63, 3.8) is 0 Å². The first-order valence-corrected chi connectivity index (χ1v) is 7.84. The summed E-state index contributed by atoms with van der Waals surface area (Å²) >= 11 is 0. The molecule has 110 valence electrons. The zero-order valence-electron chi connectivity index (χ0n) is 12.5. The van der Waals surface area contributed by atoms with E-state index < -0.39 is 0 Å². The first kappa shape index (κ1) is 14.8. The highest BCUT2D eigenvalue weighted by Gasteiger charge is 2.37. The van der Waals surface area contributed by atoms with E-state index in [1.54, 1.807) is 0 Å². The standard InChI is InChI=1S/C15H29N3O/c1-3-15(7-4-8-16-12-15)14(19)17-11-13-5-9-18(2)10-6-13/h13,16H,3-12H2,1-2H3,(H,17,19). The zero-order chi connectivity index (χ0) is 13.7. The van der Waals surface area contributed by atoms with Crippen molar-refractivity contribution in [1.82, 2.24) is 15.5 Å². The molecular weight excluding hydrogens is 238 g/mol. The third kappa shape index (κ3) is 3.69. The van der Waals surface area contributed by atoms with E-state index >= 15 is 0 Å². The second-order valence-corrected chi connectivity index (χ2v) is 6.37. The maximum Gasteiger partial charge on any atom is 0.227 e. The van der Waals surface area contributed by atoms with Gasteiger partial charge in [0.05, 0.1) is 5.41 Å². The minimum absolute atomic E-state index is 0.149. The van der Waals surface area contributed by atoms with Crippen LogP contribution in [-0.2, 0) is 4.79 Å². The lowest BCUT2D eigenvalue weighted by Gasteiger charge is -2.36. The molecule has 1 amide bonds. The Morgan fingerprint density at radius 3 is 2.74 bits per heavy atom. The van der Waals surface area contributed by atoms with Gasteiger partial charge in [-0.15, -0.1) is 0 Å². The molecule has 4 nitrogen and oxygen atoms in total. The van der Waals surface area contributed by atoms with Gasteiger partial charge in [-0.3, -0.25) is 4.79 Å². The third-order valence-electron chi connectivity index (χ3n) is 5.02. The highest BCUT2D eigenvalue weighted by atomic mass is 16.2. The summed E-state index contributed by atoms with van der Waals surface area (Å²) in [6.45, 7) is 7.26. The average Bonchev–Trinajstić information content (AvgIpc) is 2.47. The van der Waals surface area contributed by atoms with E-state index in [-0.39, 0.29) is 11.3 Å². The fraction of sp³-hybridized carbons (Fsp3) is 0.933. The number of rotatable bonds is 4. The molecule has 2 fully saturated rings. The van der Waals surface area contributed by atoms with Gasteiger partial charge in [0, 0.05) is 13.1 Å². The Bertz CT molecular complexity index is 292. The van der Waals surface area contributed by atoms with Crippen molar-refractivity contribution in [2.75, 3.05) is 39.8 Å². The molecule has 1 atom stereocenters. The van der Waals surface area contributed by atoms with E-state index in [4.69, 9.17) is 0 Å². The van der Waals surface area contributed by atoms with Crippen LogP contribution in [0.15, 0.2) is 0 Å². The molecule has 0 aliphatic carbocycles. The largest absolute Gasteiger partial charge is 0.355 e. The topological polar surface area (TPSA) is 44.4 Å². The highest BCUT2D eigenvalue weighted by molar-refractivity contribution is 5.83. The summed E-state index contributed by atoms with van der Waals surface area (Å²) in [5.74, 6) is 0.951. The smallest absolute Gasteiger partial charge is 0.227 e. The minimum atomic E-state index is -0.149. The van der Waals surface area contributed by atoms with Crippen molar-refractivity contribution in [2.45, 2.75) is 39.0 Å². The summed E-state index contributed by atoms with van der Waals surface area (Å²) < 4.78 is 0. The van der Waals surface area contributed by atoms with Gasteiger partial charge < -0.3 is 15.5 Å². The third-order valence-corrected chi connectivity index (χ3v) is 5.02. The lowest BCUT2D eigenvalue weighted by atomic mass is 9.77. The lowest BCUT2D eigenvalue weighted by Crippen LogP contribution is -2.51. The summed E-state index contributed by atoms with van der Waals surface area (Å²) in [4.78, 5) is 14.9. The zero-order valence-corrected chi connectivity index (χ0v) is 12.5. The first-order chi connectivity index (χ1) is 9.16. The van der Waals surface area contributed by atoms with Crippen molar-refractivity contribution in [2.24, 2.45) is 11.3 Å². The fourth-order valence-corrected chi connectivity index (χ4v) is 3.31. The summed E-state index contributed by atoms with van der Waals surface area (Å²) in [7, 11) is 2.18. The highest BCUT2D eigenvalue weighted by Crippen LogP contribution is 2.30. The van der Waals surface area contributed by atoms with E-state index in [9.17, 15) is 4.79 Å². The number of hydrogen-bond acceptors (Lipinski definition) is 3.